The molecule has 4 nitrogen and oxygen atoms in total. The lowest BCUT2D eigenvalue weighted by atomic mass is 10.2. The number of carboxylic acid groups (broad SMARTS) is 1. The number of carbonyl (C=O) groups is 1. The summed E-state index contributed by atoms with van der Waals surface area (Å²) in [6.07, 6.45) is 7.67. The molecule has 110 valence electrons. The van der Waals surface area contributed by atoms with Gasteiger partial charge in [0.2, 0.25) is 0 Å². The SMILES string of the molecule is CN(C)c1ccc(C=CC=CC2=N[C@@H](C(=O)O)CS2)cc1. The Morgan fingerprint density at radius 2 is 1.95 bits per heavy atom. The van der Waals surface area contributed by atoms with Gasteiger partial charge in [-0.1, -0.05) is 30.4 Å². The lowest BCUT2D eigenvalue weighted by Gasteiger charge is -2.11. The van der Waals surface area contributed by atoms with Crippen LogP contribution in [0.5, 0.6) is 0 Å². The summed E-state index contributed by atoms with van der Waals surface area (Å²) in [7, 11) is 4.02. The number of aliphatic carboxylic acids is 1. The minimum absolute atomic E-state index is 0.519. The molecule has 1 aliphatic rings. The zero-order valence-corrected chi connectivity index (χ0v) is 12.9. The van der Waals surface area contributed by atoms with Crippen LogP contribution < -0.4 is 4.90 Å². The standard InChI is InChI=1S/C16H18N2O2S/c1-18(2)13-9-7-12(8-10-13)5-3-4-6-15-17-14(11-21-15)16(19)20/h3-10,14H,11H2,1-2H3,(H,19,20)/t14-/m1/s1. The quantitative estimate of drug-likeness (QED) is 0.850. The highest BCUT2D eigenvalue weighted by Gasteiger charge is 2.22. The normalized spacial score (nSPS) is 18.4. The number of benzene rings is 1. The highest BCUT2D eigenvalue weighted by Crippen LogP contribution is 2.19. The van der Waals surface area contributed by atoms with Crippen LogP contribution in [0, 0.1) is 0 Å². The maximum Gasteiger partial charge on any atom is 0.329 e. The Kier molecular flexibility index (Phi) is 5.22. The maximum atomic E-state index is 10.8. The molecular weight excluding hydrogens is 284 g/mol. The lowest BCUT2D eigenvalue weighted by Crippen LogP contribution is -2.16. The van der Waals surface area contributed by atoms with E-state index in [0.717, 1.165) is 10.6 Å². The Morgan fingerprint density at radius 1 is 1.29 bits per heavy atom. The zero-order chi connectivity index (χ0) is 15.2. The first-order chi connectivity index (χ1) is 10.1. The summed E-state index contributed by atoms with van der Waals surface area (Å²) in [4.78, 5) is 16.9. The van der Waals surface area contributed by atoms with E-state index in [1.165, 1.54) is 17.4 Å². The molecule has 0 spiro atoms. The smallest absolute Gasteiger partial charge is 0.329 e. The van der Waals surface area contributed by atoms with E-state index >= 15 is 0 Å². The number of carboxylic acids is 1. The Balaban J connectivity index is 1.92. The first-order valence-electron chi connectivity index (χ1n) is 6.62. The van der Waals surface area contributed by atoms with E-state index in [9.17, 15) is 4.79 Å². The summed E-state index contributed by atoms with van der Waals surface area (Å²) in [5.74, 6) is -0.340. The van der Waals surface area contributed by atoms with Crippen molar-refractivity contribution in [3.05, 3.63) is 48.1 Å². The Bertz CT molecular complexity index is 589. The average Bonchev–Trinajstić information content (AvgIpc) is 2.93. The number of thioether (sulfide) groups is 1. The molecule has 1 aromatic rings. The third-order valence-corrected chi connectivity index (χ3v) is 4.02. The zero-order valence-electron chi connectivity index (χ0n) is 12.1. The molecule has 1 N–H and O–H groups in total. The molecule has 21 heavy (non-hydrogen) atoms. The Labute approximate surface area is 128 Å². The van der Waals surface area contributed by atoms with Crippen molar-refractivity contribution in [3.63, 3.8) is 0 Å². The van der Waals surface area contributed by atoms with Crippen molar-refractivity contribution < 1.29 is 9.90 Å². The van der Waals surface area contributed by atoms with Crippen LogP contribution in [0.25, 0.3) is 6.08 Å². The van der Waals surface area contributed by atoms with Crippen LogP contribution in [0.4, 0.5) is 5.69 Å². The summed E-state index contributed by atoms with van der Waals surface area (Å²) < 4.78 is 0. The minimum Gasteiger partial charge on any atom is -0.480 e. The van der Waals surface area contributed by atoms with Gasteiger partial charge in [0.05, 0.1) is 5.04 Å². The van der Waals surface area contributed by atoms with Crippen molar-refractivity contribution >= 4 is 34.5 Å². The molecule has 0 saturated carbocycles. The molecule has 0 aliphatic carbocycles. The number of rotatable bonds is 5. The van der Waals surface area contributed by atoms with E-state index in [1.54, 1.807) is 0 Å². The molecule has 5 heteroatoms. The number of nitrogens with zero attached hydrogens (tertiary/aromatic N) is 2. The van der Waals surface area contributed by atoms with E-state index in [0.29, 0.717) is 5.75 Å². The summed E-state index contributed by atoms with van der Waals surface area (Å²) in [6, 6.07) is 7.65. The molecule has 1 aromatic carbocycles. The Morgan fingerprint density at radius 3 is 2.52 bits per heavy atom. The molecule has 0 fully saturated rings. The van der Waals surface area contributed by atoms with Gasteiger partial charge in [-0.3, -0.25) is 4.99 Å². The summed E-state index contributed by atoms with van der Waals surface area (Å²) in [5, 5.41) is 9.62. The summed E-state index contributed by atoms with van der Waals surface area (Å²) >= 11 is 1.47. The van der Waals surface area contributed by atoms with Crippen LogP contribution in [0.15, 0.2) is 47.5 Å². The largest absolute Gasteiger partial charge is 0.480 e. The first-order valence-corrected chi connectivity index (χ1v) is 7.60. The van der Waals surface area contributed by atoms with Crippen LogP contribution in [0.1, 0.15) is 5.56 Å². The van der Waals surface area contributed by atoms with Crippen molar-refractivity contribution in [2.45, 2.75) is 6.04 Å². The van der Waals surface area contributed by atoms with Gasteiger partial charge >= 0.3 is 5.97 Å². The monoisotopic (exact) mass is 302 g/mol. The number of aliphatic imine (C=N–C) groups is 1. The second kappa shape index (κ2) is 7.13. The number of hydrogen-bond donors (Lipinski definition) is 1. The maximum absolute atomic E-state index is 10.8. The summed E-state index contributed by atoms with van der Waals surface area (Å²) in [5.41, 5.74) is 2.29. The summed E-state index contributed by atoms with van der Waals surface area (Å²) in [6.45, 7) is 0. The Hall–Kier alpha value is -2.01. The first kappa shape index (κ1) is 15.4. The van der Waals surface area contributed by atoms with Gasteiger partial charge in [-0.2, -0.15) is 0 Å². The predicted octanol–water partition coefficient (Wildman–Crippen LogP) is 2.92. The topological polar surface area (TPSA) is 52.9 Å². The van der Waals surface area contributed by atoms with Crippen LogP contribution in [0.3, 0.4) is 0 Å². The van der Waals surface area contributed by atoms with Crippen molar-refractivity contribution in [2.75, 3.05) is 24.7 Å². The van der Waals surface area contributed by atoms with Gasteiger partial charge in [0.25, 0.3) is 0 Å². The highest BCUT2D eigenvalue weighted by atomic mass is 32.2. The second-order valence-corrected chi connectivity index (χ2v) is 5.88. The fraction of sp³-hybridized carbons (Fsp3) is 0.250. The number of hydrogen-bond acceptors (Lipinski definition) is 4. The number of allylic oxidation sites excluding steroid dienone is 2. The second-order valence-electron chi connectivity index (χ2n) is 4.84. The average molecular weight is 302 g/mol. The van der Waals surface area contributed by atoms with Crippen LogP contribution in [-0.4, -0.2) is 42.0 Å². The molecule has 0 saturated heterocycles. The van der Waals surface area contributed by atoms with Gasteiger partial charge in [-0.15, -0.1) is 11.8 Å². The number of anilines is 1. The molecule has 1 atom stereocenters. The molecule has 0 unspecified atom stereocenters. The minimum atomic E-state index is -0.859. The fourth-order valence-corrected chi connectivity index (χ4v) is 2.72. The van der Waals surface area contributed by atoms with Gasteiger partial charge in [0.15, 0.2) is 6.04 Å². The molecule has 2 rings (SSSR count). The highest BCUT2D eigenvalue weighted by molar-refractivity contribution is 8.14. The van der Waals surface area contributed by atoms with E-state index in [1.807, 2.05) is 38.4 Å². The predicted molar refractivity (Wildman–Crippen MR) is 90.3 cm³/mol. The van der Waals surface area contributed by atoms with Gasteiger partial charge < -0.3 is 10.0 Å². The van der Waals surface area contributed by atoms with Crippen molar-refractivity contribution in [3.8, 4) is 0 Å². The molecule has 0 amide bonds. The molecule has 0 bridgehead atoms. The third-order valence-electron chi connectivity index (χ3n) is 3.01. The van der Waals surface area contributed by atoms with Crippen LogP contribution in [0.2, 0.25) is 0 Å². The third kappa shape index (κ3) is 4.49. The van der Waals surface area contributed by atoms with Crippen LogP contribution in [-0.2, 0) is 4.79 Å². The van der Waals surface area contributed by atoms with Gasteiger partial charge in [0.1, 0.15) is 0 Å². The van der Waals surface area contributed by atoms with Crippen molar-refractivity contribution in [2.24, 2.45) is 4.99 Å². The van der Waals surface area contributed by atoms with Gasteiger partial charge in [-0.05, 0) is 23.8 Å². The fourth-order valence-electron chi connectivity index (χ4n) is 1.80. The van der Waals surface area contributed by atoms with Crippen molar-refractivity contribution in [1.82, 2.24) is 0 Å². The van der Waals surface area contributed by atoms with E-state index in [-0.39, 0.29) is 0 Å². The molecule has 0 radical (unpaired) electrons. The van der Waals surface area contributed by atoms with Crippen LogP contribution >= 0.6 is 11.8 Å². The van der Waals surface area contributed by atoms with E-state index < -0.39 is 12.0 Å². The van der Waals surface area contributed by atoms with E-state index in [2.05, 4.69) is 34.2 Å². The van der Waals surface area contributed by atoms with Gasteiger partial charge in [0, 0.05) is 25.5 Å². The molecule has 1 aliphatic heterocycles. The molecular formula is C16H18N2O2S. The van der Waals surface area contributed by atoms with Crippen molar-refractivity contribution in [1.29, 1.82) is 0 Å². The molecule has 0 aromatic heterocycles. The lowest BCUT2D eigenvalue weighted by molar-refractivity contribution is -0.137. The molecule has 1 heterocycles. The van der Waals surface area contributed by atoms with Gasteiger partial charge in [-0.25, -0.2) is 4.79 Å². The van der Waals surface area contributed by atoms with E-state index in [4.69, 9.17) is 5.11 Å².